The van der Waals surface area contributed by atoms with Crippen molar-refractivity contribution >= 4 is 29.5 Å². The fourth-order valence-corrected chi connectivity index (χ4v) is 2.31. The Morgan fingerprint density at radius 1 is 1.07 bits per heavy atom. The number of hydrogen-bond acceptors (Lipinski definition) is 5. The van der Waals surface area contributed by atoms with Crippen molar-refractivity contribution in [3.8, 4) is 0 Å². The normalized spacial score (nSPS) is 12.9. The molecule has 1 aliphatic heterocycles. The lowest BCUT2D eigenvalue weighted by Crippen LogP contribution is -2.34. The summed E-state index contributed by atoms with van der Waals surface area (Å²) in [7, 11) is 0. The lowest BCUT2D eigenvalue weighted by atomic mass is 10.2. The molecular weight excluding hydrogens is 352 g/mol. The van der Waals surface area contributed by atoms with Crippen LogP contribution in [0.25, 0.3) is 0 Å². The van der Waals surface area contributed by atoms with Crippen LogP contribution in [0.4, 0.5) is 10.5 Å². The highest BCUT2D eigenvalue weighted by Crippen LogP contribution is 2.09. The quantitative estimate of drug-likeness (QED) is 0.529. The monoisotopic (exact) mass is 378 g/mol. The van der Waals surface area contributed by atoms with E-state index in [0.29, 0.717) is 30.6 Å². The average molecular weight is 378 g/mol. The zero-order valence-electron chi connectivity index (χ0n) is 15.6. The van der Waals surface area contributed by atoms with Crippen molar-refractivity contribution in [1.82, 2.24) is 15.5 Å². The fraction of sp³-hybridized carbons (Fsp3) is 0.444. The minimum atomic E-state index is -1.12. The minimum Gasteiger partial charge on any atom is -0.465 e. The first kappa shape index (κ1) is 22.1. The molecule has 4 N–H and O–H groups in total. The Balaban J connectivity index is 0.000000433. The number of amides is 4. The number of imide groups is 1. The number of nitrogens with one attached hydrogen (secondary N) is 3. The van der Waals surface area contributed by atoms with Gasteiger partial charge >= 0.3 is 6.09 Å². The van der Waals surface area contributed by atoms with Gasteiger partial charge in [-0.05, 0) is 37.4 Å². The van der Waals surface area contributed by atoms with Gasteiger partial charge in [-0.25, -0.2) is 4.79 Å². The van der Waals surface area contributed by atoms with Crippen molar-refractivity contribution in [2.75, 3.05) is 31.5 Å². The number of likely N-dealkylation sites (N-methyl/N-ethyl adjacent to an activating group) is 1. The molecule has 1 aromatic rings. The first-order valence-corrected chi connectivity index (χ1v) is 8.79. The summed E-state index contributed by atoms with van der Waals surface area (Å²) < 4.78 is 0. The Bertz CT molecular complexity index is 642. The molecule has 0 unspecified atom stereocenters. The highest BCUT2D eigenvalue weighted by Gasteiger charge is 2.15. The summed E-state index contributed by atoms with van der Waals surface area (Å²) in [6.07, 6.45) is -0.376. The van der Waals surface area contributed by atoms with Crippen LogP contribution in [0.5, 0.6) is 0 Å². The number of anilines is 1. The van der Waals surface area contributed by atoms with Crippen LogP contribution in [0.15, 0.2) is 24.3 Å². The van der Waals surface area contributed by atoms with Gasteiger partial charge < -0.3 is 15.3 Å². The number of carbonyl (C=O) groups excluding carboxylic acids is 3. The molecule has 0 aliphatic carbocycles. The molecule has 0 radical (unpaired) electrons. The van der Waals surface area contributed by atoms with Crippen molar-refractivity contribution in [1.29, 1.82) is 0 Å². The second kappa shape index (κ2) is 11.6. The van der Waals surface area contributed by atoms with Crippen molar-refractivity contribution in [2.24, 2.45) is 0 Å². The van der Waals surface area contributed by atoms with Crippen LogP contribution < -0.4 is 16.0 Å². The molecule has 0 atom stereocenters. The van der Waals surface area contributed by atoms with Crippen LogP contribution in [0.1, 0.15) is 37.0 Å². The number of carbonyl (C=O) groups is 4. The van der Waals surface area contributed by atoms with E-state index in [-0.39, 0.29) is 17.7 Å². The van der Waals surface area contributed by atoms with Crippen molar-refractivity contribution in [2.45, 2.75) is 26.7 Å². The Kier molecular flexibility index (Phi) is 9.52. The van der Waals surface area contributed by atoms with E-state index in [2.05, 4.69) is 34.7 Å². The summed E-state index contributed by atoms with van der Waals surface area (Å²) in [6, 6.07) is 6.32. The van der Waals surface area contributed by atoms with E-state index in [1.165, 1.54) is 0 Å². The minimum absolute atomic E-state index is 0.148. The highest BCUT2D eigenvalue weighted by molar-refractivity contribution is 6.01. The van der Waals surface area contributed by atoms with Crippen molar-refractivity contribution in [3.63, 3.8) is 0 Å². The van der Waals surface area contributed by atoms with Gasteiger partial charge in [-0.2, -0.15) is 0 Å². The molecule has 9 heteroatoms. The van der Waals surface area contributed by atoms with Gasteiger partial charge in [0.25, 0.3) is 5.91 Å². The van der Waals surface area contributed by atoms with Gasteiger partial charge in [0.1, 0.15) is 0 Å². The van der Waals surface area contributed by atoms with E-state index in [9.17, 15) is 19.2 Å². The molecule has 2 rings (SSSR count). The molecule has 0 spiro atoms. The maximum absolute atomic E-state index is 11.9. The van der Waals surface area contributed by atoms with Crippen molar-refractivity contribution < 1.29 is 24.3 Å². The fourth-order valence-electron chi connectivity index (χ4n) is 2.31. The molecule has 4 amide bonds. The molecule has 0 aromatic heterocycles. The summed E-state index contributed by atoms with van der Waals surface area (Å²) in [4.78, 5) is 44.8. The van der Waals surface area contributed by atoms with E-state index in [0.717, 1.165) is 19.6 Å². The molecule has 27 heavy (non-hydrogen) atoms. The van der Waals surface area contributed by atoms with Crippen LogP contribution in [0.2, 0.25) is 0 Å². The third-order valence-corrected chi connectivity index (χ3v) is 3.86. The summed E-state index contributed by atoms with van der Waals surface area (Å²) in [5.41, 5.74) is 0.956. The molecule has 1 aliphatic rings. The summed E-state index contributed by atoms with van der Waals surface area (Å²) in [5, 5.41) is 15.8. The largest absolute Gasteiger partial charge is 0.465 e. The van der Waals surface area contributed by atoms with Crippen LogP contribution in [0, 0.1) is 0 Å². The summed E-state index contributed by atoms with van der Waals surface area (Å²) >= 11 is 0. The Hall–Kier alpha value is -2.94. The van der Waals surface area contributed by atoms with Crippen LogP contribution in [-0.2, 0) is 9.59 Å². The van der Waals surface area contributed by atoms with Gasteiger partial charge in [0.05, 0.1) is 0 Å². The zero-order valence-corrected chi connectivity index (χ0v) is 15.6. The van der Waals surface area contributed by atoms with E-state index in [1.54, 1.807) is 24.3 Å². The lowest BCUT2D eigenvalue weighted by Gasteiger charge is -2.17. The van der Waals surface area contributed by atoms with Gasteiger partial charge in [0.15, 0.2) is 0 Å². The van der Waals surface area contributed by atoms with Gasteiger partial charge in [-0.1, -0.05) is 13.8 Å². The first-order valence-electron chi connectivity index (χ1n) is 8.79. The number of hydrogen-bond donors (Lipinski definition) is 4. The number of carboxylic acid groups (broad SMARTS) is 1. The number of nitrogens with zero attached hydrogens (tertiary/aromatic N) is 1. The van der Waals surface area contributed by atoms with E-state index in [4.69, 9.17) is 5.11 Å². The molecule has 148 valence electrons. The molecule has 0 bridgehead atoms. The molecule has 1 fully saturated rings. The standard InChI is InChI=1S/C14H21N3O3.C4H5NO2/c1-3-17(4-2)10-9-15-13(18)11-5-7-12(8-6-11)16-14(19)20;6-3-1-2-4(7)5-3/h5-8,16H,3-4,9-10H2,1-2H3,(H,15,18)(H,19,20);1-2H2,(H,5,6,7). The molecule has 1 saturated heterocycles. The Morgan fingerprint density at radius 3 is 2.04 bits per heavy atom. The van der Waals surface area contributed by atoms with E-state index >= 15 is 0 Å². The highest BCUT2D eigenvalue weighted by atomic mass is 16.4. The van der Waals surface area contributed by atoms with Crippen LogP contribution in [0.3, 0.4) is 0 Å². The second-order valence-electron chi connectivity index (χ2n) is 5.76. The number of benzene rings is 1. The molecule has 9 nitrogen and oxygen atoms in total. The lowest BCUT2D eigenvalue weighted by molar-refractivity contribution is -0.124. The topological polar surface area (TPSA) is 128 Å². The maximum Gasteiger partial charge on any atom is 0.409 e. The predicted octanol–water partition coefficient (Wildman–Crippen LogP) is 1.27. The summed E-state index contributed by atoms with van der Waals surface area (Å²) in [5.74, 6) is -0.450. The predicted molar refractivity (Wildman–Crippen MR) is 101 cm³/mol. The molecule has 1 heterocycles. The molecule has 0 saturated carbocycles. The summed E-state index contributed by atoms with van der Waals surface area (Å²) in [6.45, 7) is 7.50. The second-order valence-corrected chi connectivity index (χ2v) is 5.76. The third kappa shape index (κ3) is 8.82. The smallest absolute Gasteiger partial charge is 0.409 e. The molecular formula is C18H26N4O5. The van der Waals surface area contributed by atoms with E-state index < -0.39 is 6.09 Å². The Morgan fingerprint density at radius 2 is 1.63 bits per heavy atom. The average Bonchev–Trinajstić information content (AvgIpc) is 3.02. The van der Waals surface area contributed by atoms with Gasteiger partial charge in [-0.15, -0.1) is 0 Å². The first-order chi connectivity index (χ1) is 12.8. The SMILES string of the molecule is CCN(CC)CCNC(=O)c1ccc(NC(=O)O)cc1.O=C1CCC(=O)N1. The zero-order chi connectivity index (χ0) is 20.2. The maximum atomic E-state index is 11.9. The van der Waals surface area contributed by atoms with Crippen molar-refractivity contribution in [3.05, 3.63) is 29.8 Å². The van der Waals surface area contributed by atoms with E-state index in [1.807, 2.05) is 0 Å². The van der Waals surface area contributed by atoms with Gasteiger partial charge in [0, 0.05) is 37.2 Å². The Labute approximate surface area is 158 Å². The number of rotatable bonds is 7. The van der Waals surface area contributed by atoms with Crippen LogP contribution in [-0.4, -0.2) is 60.0 Å². The van der Waals surface area contributed by atoms with Crippen LogP contribution >= 0.6 is 0 Å². The third-order valence-electron chi connectivity index (χ3n) is 3.86. The van der Waals surface area contributed by atoms with Gasteiger partial charge in [0.2, 0.25) is 11.8 Å². The molecule has 1 aromatic carbocycles. The van der Waals surface area contributed by atoms with Gasteiger partial charge in [-0.3, -0.25) is 25.0 Å².